The number of nitrogens with zero attached hydrogens (tertiary/aromatic N) is 2. The number of hydrogen-bond donors (Lipinski definition) is 1. The Hall–Kier alpha value is -1.47. The van der Waals surface area contributed by atoms with Gasteiger partial charge < -0.3 is 5.11 Å². The molecule has 1 N–H and O–H groups in total. The molecule has 0 aromatic heterocycles. The Kier molecular flexibility index (Phi) is 4.95. The Labute approximate surface area is 131 Å². The molecule has 0 radical (unpaired) electrons. The number of carbonyl (C=O) groups is 1. The van der Waals surface area contributed by atoms with E-state index in [1.165, 1.54) is 6.07 Å². The second kappa shape index (κ2) is 6.53. The molecule has 2 unspecified atom stereocenters. The summed E-state index contributed by atoms with van der Waals surface area (Å²) < 4.78 is 0.676. The number of carboxylic acids is 1. The van der Waals surface area contributed by atoms with Gasteiger partial charge in [-0.15, -0.1) is 0 Å². The molecule has 0 aliphatic carbocycles. The van der Waals surface area contributed by atoms with Crippen molar-refractivity contribution in [3.8, 4) is 0 Å². The number of carboxylic acid groups (broad SMARTS) is 1. The van der Waals surface area contributed by atoms with Crippen molar-refractivity contribution in [2.45, 2.75) is 32.4 Å². The molecule has 1 fully saturated rings. The van der Waals surface area contributed by atoms with Crippen LogP contribution < -0.4 is 0 Å². The number of rotatable bonds is 4. The zero-order valence-electron chi connectivity index (χ0n) is 11.7. The van der Waals surface area contributed by atoms with E-state index in [1.54, 1.807) is 12.1 Å². The third kappa shape index (κ3) is 3.79. The van der Waals surface area contributed by atoms with Crippen LogP contribution in [-0.2, 0) is 11.3 Å². The van der Waals surface area contributed by atoms with E-state index in [2.05, 4.69) is 20.8 Å². The van der Waals surface area contributed by atoms with Crippen LogP contribution in [0.3, 0.4) is 0 Å². The molecule has 0 bridgehead atoms. The van der Waals surface area contributed by atoms with E-state index in [0.29, 0.717) is 36.0 Å². The van der Waals surface area contributed by atoms with Crippen molar-refractivity contribution >= 4 is 27.6 Å². The van der Waals surface area contributed by atoms with Crippen LogP contribution in [0.1, 0.15) is 25.3 Å². The molecule has 2 atom stereocenters. The van der Waals surface area contributed by atoms with Gasteiger partial charge in [0.05, 0.1) is 10.8 Å². The van der Waals surface area contributed by atoms with Crippen LogP contribution in [0.15, 0.2) is 22.7 Å². The summed E-state index contributed by atoms with van der Waals surface area (Å²) in [5.74, 6) is -1.06. The van der Waals surface area contributed by atoms with Crippen molar-refractivity contribution in [1.29, 1.82) is 0 Å². The Morgan fingerprint density at radius 1 is 1.57 bits per heavy atom. The quantitative estimate of drug-likeness (QED) is 0.661. The third-order valence-corrected chi connectivity index (χ3v) is 4.47. The normalized spacial score (nSPS) is 23.0. The minimum atomic E-state index is -0.754. The highest BCUT2D eigenvalue weighted by atomic mass is 79.9. The van der Waals surface area contributed by atoms with Gasteiger partial charge in [-0.3, -0.25) is 19.8 Å². The molecular formula is C14H17BrN2O4. The van der Waals surface area contributed by atoms with E-state index in [4.69, 9.17) is 5.11 Å². The van der Waals surface area contributed by atoms with Gasteiger partial charge in [-0.05, 0) is 38.4 Å². The Bertz CT molecular complexity index is 564. The number of likely N-dealkylation sites (tertiary alicyclic amines) is 1. The second-order valence-corrected chi connectivity index (χ2v) is 6.32. The maximum absolute atomic E-state index is 11.1. The lowest BCUT2D eigenvalue weighted by molar-refractivity contribution is -0.385. The first kappa shape index (κ1) is 15.9. The molecule has 6 nitrogen and oxygen atoms in total. The van der Waals surface area contributed by atoms with Gasteiger partial charge in [-0.2, -0.15) is 0 Å². The standard InChI is InChI=1S/C14H17BrN2O4/c1-9-6-10(14(18)19)4-5-16(9)8-11-2-3-12(15)7-13(11)17(20)21/h2-3,7,9-10H,4-6,8H2,1H3,(H,18,19). The predicted molar refractivity (Wildman–Crippen MR) is 81.0 cm³/mol. The van der Waals surface area contributed by atoms with E-state index in [-0.39, 0.29) is 22.6 Å². The number of halogens is 1. The van der Waals surface area contributed by atoms with Gasteiger partial charge in [0.25, 0.3) is 5.69 Å². The molecule has 1 aliphatic rings. The average Bonchev–Trinajstić information content (AvgIpc) is 2.42. The van der Waals surface area contributed by atoms with E-state index >= 15 is 0 Å². The summed E-state index contributed by atoms with van der Waals surface area (Å²) in [6, 6.07) is 5.14. The van der Waals surface area contributed by atoms with Crippen molar-refractivity contribution in [2.24, 2.45) is 5.92 Å². The van der Waals surface area contributed by atoms with Crippen LogP contribution in [0.25, 0.3) is 0 Å². The summed E-state index contributed by atoms with van der Waals surface area (Å²) in [6.07, 6.45) is 1.17. The average molecular weight is 357 g/mol. The highest BCUT2D eigenvalue weighted by Gasteiger charge is 2.30. The highest BCUT2D eigenvalue weighted by molar-refractivity contribution is 9.10. The molecule has 2 rings (SSSR count). The SMILES string of the molecule is CC1CC(C(=O)O)CCN1Cc1ccc(Br)cc1[N+](=O)[O-]. The first-order valence-electron chi connectivity index (χ1n) is 6.78. The Morgan fingerprint density at radius 3 is 2.86 bits per heavy atom. The fourth-order valence-electron chi connectivity index (χ4n) is 2.74. The van der Waals surface area contributed by atoms with Gasteiger partial charge in [-0.25, -0.2) is 0 Å². The van der Waals surface area contributed by atoms with Gasteiger partial charge in [0.1, 0.15) is 0 Å². The maximum atomic E-state index is 11.1. The zero-order chi connectivity index (χ0) is 15.6. The second-order valence-electron chi connectivity index (χ2n) is 5.41. The predicted octanol–water partition coefficient (Wildman–Crippen LogP) is 3.04. The molecule has 1 aliphatic heterocycles. The van der Waals surface area contributed by atoms with Crippen LogP contribution in [-0.4, -0.2) is 33.5 Å². The molecule has 114 valence electrons. The molecular weight excluding hydrogens is 340 g/mol. The molecule has 0 spiro atoms. The van der Waals surface area contributed by atoms with Crippen molar-refractivity contribution in [3.63, 3.8) is 0 Å². The van der Waals surface area contributed by atoms with Crippen LogP contribution in [0.5, 0.6) is 0 Å². The molecule has 1 aromatic rings. The van der Waals surface area contributed by atoms with Gasteiger partial charge >= 0.3 is 5.97 Å². The largest absolute Gasteiger partial charge is 0.481 e. The molecule has 0 amide bonds. The summed E-state index contributed by atoms with van der Waals surface area (Å²) in [5.41, 5.74) is 0.751. The lowest BCUT2D eigenvalue weighted by atomic mass is 9.91. The van der Waals surface area contributed by atoms with Gasteiger partial charge in [0.15, 0.2) is 0 Å². The third-order valence-electron chi connectivity index (χ3n) is 3.98. The number of hydrogen-bond acceptors (Lipinski definition) is 4. The van der Waals surface area contributed by atoms with Crippen LogP contribution >= 0.6 is 15.9 Å². The van der Waals surface area contributed by atoms with Crippen molar-refractivity contribution in [3.05, 3.63) is 38.3 Å². The van der Waals surface area contributed by atoms with Crippen molar-refractivity contribution in [1.82, 2.24) is 4.90 Å². The summed E-state index contributed by atoms with van der Waals surface area (Å²) in [7, 11) is 0. The van der Waals surface area contributed by atoms with Crippen molar-refractivity contribution < 1.29 is 14.8 Å². The van der Waals surface area contributed by atoms with Crippen LogP contribution in [0.4, 0.5) is 5.69 Å². The Balaban J connectivity index is 2.12. The van der Waals surface area contributed by atoms with Crippen LogP contribution in [0.2, 0.25) is 0 Å². The fraction of sp³-hybridized carbons (Fsp3) is 0.500. The minimum Gasteiger partial charge on any atom is -0.481 e. The minimum absolute atomic E-state index is 0.0944. The molecule has 7 heteroatoms. The van der Waals surface area contributed by atoms with E-state index in [0.717, 1.165) is 0 Å². The number of aliphatic carboxylic acids is 1. The molecule has 1 heterocycles. The summed E-state index contributed by atoms with van der Waals surface area (Å²) in [5, 5.41) is 20.2. The molecule has 1 aromatic carbocycles. The smallest absolute Gasteiger partial charge is 0.306 e. The number of piperidine rings is 1. The summed E-state index contributed by atoms with van der Waals surface area (Å²) in [6.45, 7) is 3.09. The first-order chi connectivity index (χ1) is 9.88. The molecule has 1 saturated heterocycles. The topological polar surface area (TPSA) is 83.7 Å². The zero-order valence-corrected chi connectivity index (χ0v) is 13.2. The van der Waals surface area contributed by atoms with E-state index < -0.39 is 5.97 Å². The number of nitro benzene ring substituents is 1. The van der Waals surface area contributed by atoms with Crippen LogP contribution in [0, 0.1) is 16.0 Å². The summed E-state index contributed by atoms with van der Waals surface area (Å²) in [4.78, 5) is 23.9. The number of nitro groups is 1. The van der Waals surface area contributed by atoms with Gasteiger partial charge in [0.2, 0.25) is 0 Å². The lowest BCUT2D eigenvalue weighted by Gasteiger charge is -2.36. The maximum Gasteiger partial charge on any atom is 0.306 e. The monoisotopic (exact) mass is 356 g/mol. The molecule has 0 saturated carbocycles. The summed E-state index contributed by atoms with van der Waals surface area (Å²) >= 11 is 3.24. The van der Waals surface area contributed by atoms with Gasteiger partial charge in [-0.1, -0.05) is 15.9 Å². The fourth-order valence-corrected chi connectivity index (χ4v) is 3.09. The Morgan fingerprint density at radius 2 is 2.29 bits per heavy atom. The van der Waals surface area contributed by atoms with Crippen molar-refractivity contribution in [2.75, 3.05) is 6.54 Å². The highest BCUT2D eigenvalue weighted by Crippen LogP contribution is 2.29. The molecule has 21 heavy (non-hydrogen) atoms. The first-order valence-corrected chi connectivity index (χ1v) is 7.57. The van der Waals surface area contributed by atoms with E-state index in [1.807, 2.05) is 6.92 Å². The number of benzene rings is 1. The van der Waals surface area contributed by atoms with E-state index in [9.17, 15) is 14.9 Å². The lowest BCUT2D eigenvalue weighted by Crippen LogP contribution is -2.42. The van der Waals surface area contributed by atoms with Gasteiger partial charge in [0, 0.05) is 28.7 Å².